The van der Waals surface area contributed by atoms with Crippen molar-refractivity contribution >= 4 is 35.6 Å². The quantitative estimate of drug-likeness (QED) is 0.112. The summed E-state index contributed by atoms with van der Waals surface area (Å²) in [4.78, 5) is 77.5. The number of H-pyrrole nitrogens is 1. The van der Waals surface area contributed by atoms with Crippen molar-refractivity contribution in [2.75, 3.05) is 0 Å². The molecule has 11 N–H and O–H groups in total. The molecule has 1 heterocycles. The predicted molar refractivity (Wildman–Crippen MR) is 116 cm³/mol. The lowest BCUT2D eigenvalue weighted by Crippen LogP contribution is -2.60. The number of nitrogens with one attached hydrogen (secondary N) is 4. The Balaban J connectivity index is 2.93. The number of nitrogens with two attached hydrogens (primary N) is 2. The maximum absolute atomic E-state index is 12.7. The third-order valence-corrected chi connectivity index (χ3v) is 4.71. The largest absolute Gasteiger partial charge is 0.481 e. The summed E-state index contributed by atoms with van der Waals surface area (Å²) in [6, 6.07) is -6.11. The first kappa shape index (κ1) is 29.0. The first-order chi connectivity index (χ1) is 16.3. The molecule has 0 fully saturated rings. The van der Waals surface area contributed by atoms with Gasteiger partial charge in [0.2, 0.25) is 23.6 Å². The molecule has 0 spiro atoms. The van der Waals surface area contributed by atoms with E-state index >= 15 is 0 Å². The van der Waals surface area contributed by atoms with Crippen molar-refractivity contribution in [2.24, 2.45) is 11.5 Å². The van der Waals surface area contributed by atoms with Gasteiger partial charge >= 0.3 is 11.9 Å². The van der Waals surface area contributed by atoms with E-state index in [4.69, 9.17) is 16.6 Å². The van der Waals surface area contributed by atoms with Gasteiger partial charge in [-0.3, -0.25) is 24.0 Å². The highest BCUT2D eigenvalue weighted by atomic mass is 16.4. The molecule has 0 aliphatic carbocycles. The first-order valence-corrected chi connectivity index (χ1v) is 10.4. The van der Waals surface area contributed by atoms with Crippen LogP contribution in [0.4, 0.5) is 0 Å². The van der Waals surface area contributed by atoms with Crippen LogP contribution in [0.2, 0.25) is 0 Å². The van der Waals surface area contributed by atoms with E-state index in [9.17, 15) is 39.0 Å². The summed E-state index contributed by atoms with van der Waals surface area (Å²) in [6.07, 6.45) is -0.327. The summed E-state index contributed by atoms with van der Waals surface area (Å²) in [5.74, 6) is -6.77. The molecule has 1 rings (SSSR count). The summed E-state index contributed by atoms with van der Waals surface area (Å²) >= 11 is 0. The van der Waals surface area contributed by atoms with Crippen molar-refractivity contribution in [3.05, 3.63) is 18.2 Å². The van der Waals surface area contributed by atoms with E-state index in [1.54, 1.807) is 0 Å². The van der Waals surface area contributed by atoms with Crippen LogP contribution in [0.5, 0.6) is 0 Å². The lowest BCUT2D eigenvalue weighted by molar-refractivity contribution is -0.144. The minimum Gasteiger partial charge on any atom is -0.481 e. The van der Waals surface area contributed by atoms with Crippen LogP contribution in [0.15, 0.2) is 12.5 Å². The number of aliphatic carboxylic acids is 2. The van der Waals surface area contributed by atoms with Gasteiger partial charge in [0.05, 0.1) is 24.9 Å². The van der Waals surface area contributed by atoms with Crippen LogP contribution in [0, 0.1) is 0 Å². The molecule has 16 heteroatoms. The Morgan fingerprint density at radius 2 is 1.66 bits per heavy atom. The minimum atomic E-state index is -1.75. The zero-order valence-electron chi connectivity index (χ0n) is 18.8. The molecule has 1 aromatic heterocycles. The molecule has 4 amide bonds. The lowest BCUT2D eigenvalue weighted by atomic mass is 10.1. The van der Waals surface area contributed by atoms with E-state index in [0.717, 1.165) is 6.92 Å². The fourth-order valence-electron chi connectivity index (χ4n) is 2.83. The number of aliphatic hydroxyl groups excluding tert-OH is 1. The Kier molecular flexibility index (Phi) is 11.3. The number of nitrogens with zero attached hydrogens (tertiary/aromatic N) is 1. The average molecular weight is 499 g/mol. The number of primary amides is 1. The molecule has 194 valence electrons. The Labute approximate surface area is 198 Å². The minimum absolute atomic E-state index is 0.133. The molecule has 0 radical (unpaired) electrons. The van der Waals surface area contributed by atoms with Crippen molar-refractivity contribution in [2.45, 2.75) is 62.9 Å². The summed E-state index contributed by atoms with van der Waals surface area (Å²) in [5.41, 5.74) is 11.0. The summed E-state index contributed by atoms with van der Waals surface area (Å²) in [5, 5.41) is 34.8. The van der Waals surface area contributed by atoms with Crippen LogP contribution < -0.4 is 27.4 Å². The Morgan fingerprint density at radius 3 is 2.14 bits per heavy atom. The van der Waals surface area contributed by atoms with E-state index in [-0.39, 0.29) is 19.3 Å². The average Bonchev–Trinajstić information content (AvgIpc) is 3.26. The number of aliphatic hydroxyl groups is 1. The molecule has 5 atom stereocenters. The van der Waals surface area contributed by atoms with Gasteiger partial charge in [-0.25, -0.2) is 9.78 Å². The second-order valence-electron chi connectivity index (χ2n) is 7.68. The molecule has 0 saturated heterocycles. The molecule has 0 saturated carbocycles. The van der Waals surface area contributed by atoms with Crippen LogP contribution in [0.1, 0.15) is 31.9 Å². The topological polar surface area (TPSA) is 280 Å². The summed E-state index contributed by atoms with van der Waals surface area (Å²) < 4.78 is 0. The number of rotatable bonds is 15. The number of aromatic nitrogens is 2. The zero-order valence-corrected chi connectivity index (χ0v) is 18.8. The van der Waals surface area contributed by atoms with Crippen molar-refractivity contribution in [3.63, 3.8) is 0 Å². The van der Waals surface area contributed by atoms with Gasteiger partial charge in [0.15, 0.2) is 0 Å². The molecule has 35 heavy (non-hydrogen) atoms. The van der Waals surface area contributed by atoms with Gasteiger partial charge in [0.25, 0.3) is 0 Å². The molecule has 0 aliphatic heterocycles. The molecule has 16 nitrogen and oxygen atoms in total. The van der Waals surface area contributed by atoms with Gasteiger partial charge in [-0.1, -0.05) is 0 Å². The maximum Gasteiger partial charge on any atom is 0.326 e. The maximum atomic E-state index is 12.7. The van der Waals surface area contributed by atoms with Gasteiger partial charge < -0.3 is 47.7 Å². The summed E-state index contributed by atoms with van der Waals surface area (Å²) in [6.45, 7) is 1.15. The SMILES string of the molecule is CC(O)C(NC(=O)C(N)CCC(N)=O)C(=O)NC(CC(=O)O)C(=O)NC(Cc1cnc[nH]1)C(=O)O. The fraction of sp³-hybridized carbons (Fsp3) is 0.526. The molecule has 1 aromatic rings. The number of imidazole rings is 1. The number of amides is 4. The van der Waals surface area contributed by atoms with Crippen LogP contribution in [0.3, 0.4) is 0 Å². The number of carbonyl (C=O) groups is 6. The molecule has 5 unspecified atom stereocenters. The predicted octanol–water partition coefficient (Wildman–Crippen LogP) is -4.06. The van der Waals surface area contributed by atoms with Gasteiger partial charge in [-0.2, -0.15) is 0 Å². The van der Waals surface area contributed by atoms with Gasteiger partial charge in [-0.05, 0) is 13.3 Å². The third-order valence-electron chi connectivity index (χ3n) is 4.71. The Morgan fingerprint density at radius 1 is 1.03 bits per heavy atom. The number of hydrogen-bond donors (Lipinski definition) is 9. The number of carboxylic acid groups (broad SMARTS) is 2. The normalized spacial score (nSPS) is 15.1. The van der Waals surface area contributed by atoms with Crippen molar-refractivity contribution in [3.8, 4) is 0 Å². The van der Waals surface area contributed by atoms with Crippen LogP contribution in [-0.2, 0) is 35.2 Å². The van der Waals surface area contributed by atoms with E-state index in [1.165, 1.54) is 12.5 Å². The van der Waals surface area contributed by atoms with E-state index < -0.39 is 72.3 Å². The number of carbonyl (C=O) groups excluding carboxylic acids is 4. The monoisotopic (exact) mass is 499 g/mol. The lowest BCUT2D eigenvalue weighted by Gasteiger charge is -2.25. The van der Waals surface area contributed by atoms with Crippen LogP contribution in [0.25, 0.3) is 0 Å². The third kappa shape index (κ3) is 10.2. The number of carboxylic acids is 2. The molecule has 0 aliphatic rings. The van der Waals surface area contributed by atoms with Gasteiger partial charge in [-0.15, -0.1) is 0 Å². The Hall–Kier alpha value is -4.05. The number of aromatic amines is 1. The van der Waals surface area contributed by atoms with E-state index in [1.807, 2.05) is 0 Å². The molecular formula is C19H29N7O9. The van der Waals surface area contributed by atoms with Crippen molar-refractivity contribution in [1.29, 1.82) is 0 Å². The molecule has 0 bridgehead atoms. The highest BCUT2D eigenvalue weighted by Crippen LogP contribution is 2.04. The van der Waals surface area contributed by atoms with Crippen LogP contribution in [-0.4, -0.2) is 91.1 Å². The van der Waals surface area contributed by atoms with Gasteiger partial charge in [0, 0.05) is 24.7 Å². The first-order valence-electron chi connectivity index (χ1n) is 10.4. The standard InChI is InChI=1S/C19H29N7O9/c1-8(27)15(26-16(31)10(20)2-3-13(21)28)18(33)24-11(5-14(29)30)17(32)25-12(19(34)35)4-9-6-22-7-23-9/h6-8,10-12,15,27H,2-5,20H2,1H3,(H2,21,28)(H,22,23)(H,24,33)(H,25,32)(H,26,31)(H,29,30)(H,34,35). The van der Waals surface area contributed by atoms with Crippen LogP contribution >= 0.6 is 0 Å². The Bertz CT molecular complexity index is 920. The molecule has 0 aromatic carbocycles. The van der Waals surface area contributed by atoms with Crippen molar-refractivity contribution in [1.82, 2.24) is 25.9 Å². The fourth-order valence-corrected chi connectivity index (χ4v) is 2.83. The van der Waals surface area contributed by atoms with Crippen molar-refractivity contribution < 1.29 is 44.1 Å². The highest BCUT2D eigenvalue weighted by molar-refractivity contribution is 5.96. The zero-order chi connectivity index (χ0) is 26.7. The smallest absolute Gasteiger partial charge is 0.326 e. The van der Waals surface area contributed by atoms with Gasteiger partial charge in [0.1, 0.15) is 18.1 Å². The van der Waals surface area contributed by atoms with E-state index in [0.29, 0.717) is 5.69 Å². The second-order valence-corrected chi connectivity index (χ2v) is 7.68. The van der Waals surface area contributed by atoms with E-state index in [2.05, 4.69) is 25.9 Å². The number of hydrogen-bond acceptors (Lipinski definition) is 9. The highest BCUT2D eigenvalue weighted by Gasteiger charge is 2.33. The summed E-state index contributed by atoms with van der Waals surface area (Å²) in [7, 11) is 0. The second kappa shape index (κ2) is 13.6. The molecular weight excluding hydrogens is 470 g/mol.